The van der Waals surface area contributed by atoms with Crippen LogP contribution in [0.5, 0.6) is 0 Å². The van der Waals surface area contributed by atoms with Crippen LogP contribution >= 0.6 is 0 Å². The van der Waals surface area contributed by atoms with E-state index in [9.17, 15) is 4.79 Å². The fourth-order valence-electron chi connectivity index (χ4n) is 1.20. The number of primary amides is 1. The maximum Gasteiger partial charge on any atom is 0.266 e. The van der Waals surface area contributed by atoms with Gasteiger partial charge in [0.1, 0.15) is 5.69 Å². The van der Waals surface area contributed by atoms with E-state index in [1.54, 1.807) is 6.07 Å². The average molecular weight is 187 g/mol. The molecule has 0 aliphatic heterocycles. The molecule has 1 aromatic heterocycles. The summed E-state index contributed by atoms with van der Waals surface area (Å²) in [6.45, 7) is 0. The molecule has 3 N–H and O–H groups in total. The van der Waals surface area contributed by atoms with Gasteiger partial charge in [0.2, 0.25) is 0 Å². The number of nitrogens with zero attached hydrogens (tertiary/aromatic N) is 1. The van der Waals surface area contributed by atoms with Crippen molar-refractivity contribution in [2.45, 2.75) is 0 Å². The van der Waals surface area contributed by atoms with E-state index < -0.39 is 5.91 Å². The van der Waals surface area contributed by atoms with Crippen LogP contribution in [0.3, 0.4) is 0 Å². The minimum atomic E-state index is -0.500. The molecule has 0 bridgehead atoms. The van der Waals surface area contributed by atoms with Crippen LogP contribution in [0.2, 0.25) is 0 Å². The summed E-state index contributed by atoms with van der Waals surface area (Å²) < 4.78 is 0. The van der Waals surface area contributed by atoms with E-state index in [1.165, 1.54) is 0 Å². The number of nitrogens with one attached hydrogen (secondary N) is 1. The van der Waals surface area contributed by atoms with E-state index in [0.29, 0.717) is 5.69 Å². The molecule has 0 fully saturated rings. The van der Waals surface area contributed by atoms with Gasteiger partial charge >= 0.3 is 0 Å². The Hall–Kier alpha value is -2.10. The third-order valence-electron chi connectivity index (χ3n) is 1.91. The summed E-state index contributed by atoms with van der Waals surface area (Å²) in [4.78, 5) is 10.8. The van der Waals surface area contributed by atoms with Gasteiger partial charge in [0.25, 0.3) is 5.91 Å². The average Bonchev–Trinajstić information content (AvgIpc) is 2.68. The molecule has 0 radical (unpaired) electrons. The Balaban J connectivity index is 2.39. The number of aromatic nitrogens is 2. The minimum absolute atomic E-state index is 0.323. The van der Waals surface area contributed by atoms with Gasteiger partial charge in [-0.1, -0.05) is 30.3 Å². The lowest BCUT2D eigenvalue weighted by atomic mass is 10.1. The SMILES string of the molecule is NC(=O)c1cc(-c2ccccc2)n[nH]1. The normalized spacial score (nSPS) is 10.0. The summed E-state index contributed by atoms with van der Waals surface area (Å²) in [5.41, 5.74) is 7.09. The molecule has 0 saturated carbocycles. The fraction of sp³-hybridized carbons (Fsp3) is 0. The zero-order valence-corrected chi connectivity index (χ0v) is 7.40. The van der Waals surface area contributed by atoms with Crippen LogP contribution in [0.15, 0.2) is 36.4 Å². The molecule has 1 aromatic carbocycles. The van der Waals surface area contributed by atoms with Gasteiger partial charge in [0.15, 0.2) is 0 Å². The molecule has 0 aliphatic carbocycles. The third kappa shape index (κ3) is 1.50. The summed E-state index contributed by atoms with van der Waals surface area (Å²) in [6, 6.07) is 11.2. The lowest BCUT2D eigenvalue weighted by molar-refractivity contribution is 0.0995. The standard InChI is InChI=1S/C10H9N3O/c11-10(14)9-6-8(12-13-9)7-4-2-1-3-5-7/h1-6H,(H2,11,14)(H,12,13). The second kappa shape index (κ2) is 3.33. The van der Waals surface area contributed by atoms with Gasteiger partial charge in [0.05, 0.1) is 5.69 Å². The van der Waals surface area contributed by atoms with Crippen molar-refractivity contribution >= 4 is 5.91 Å². The predicted octanol–water partition coefficient (Wildman–Crippen LogP) is 1.18. The van der Waals surface area contributed by atoms with E-state index >= 15 is 0 Å². The Morgan fingerprint density at radius 1 is 1.29 bits per heavy atom. The topological polar surface area (TPSA) is 71.8 Å². The largest absolute Gasteiger partial charge is 0.364 e. The van der Waals surface area contributed by atoms with E-state index in [2.05, 4.69) is 10.2 Å². The summed E-state index contributed by atoms with van der Waals surface area (Å²) in [7, 11) is 0. The highest BCUT2D eigenvalue weighted by Gasteiger charge is 2.06. The first-order chi connectivity index (χ1) is 6.77. The van der Waals surface area contributed by atoms with Crippen molar-refractivity contribution in [2.75, 3.05) is 0 Å². The predicted molar refractivity (Wildman–Crippen MR) is 52.5 cm³/mol. The quantitative estimate of drug-likeness (QED) is 0.740. The highest BCUT2D eigenvalue weighted by Crippen LogP contribution is 2.16. The molecule has 2 rings (SSSR count). The van der Waals surface area contributed by atoms with Gasteiger partial charge in [-0.05, 0) is 6.07 Å². The Bertz CT molecular complexity index is 447. The van der Waals surface area contributed by atoms with Crippen LogP contribution < -0.4 is 5.73 Å². The van der Waals surface area contributed by atoms with Gasteiger partial charge in [-0.25, -0.2) is 0 Å². The van der Waals surface area contributed by atoms with Crippen LogP contribution in [0.4, 0.5) is 0 Å². The first kappa shape index (κ1) is 8.50. The van der Waals surface area contributed by atoms with Crippen molar-refractivity contribution in [1.82, 2.24) is 10.2 Å². The van der Waals surface area contributed by atoms with Crippen LogP contribution in [0.25, 0.3) is 11.3 Å². The van der Waals surface area contributed by atoms with Gasteiger partial charge in [-0.15, -0.1) is 0 Å². The van der Waals surface area contributed by atoms with Crippen molar-refractivity contribution in [3.05, 3.63) is 42.1 Å². The van der Waals surface area contributed by atoms with E-state index in [4.69, 9.17) is 5.73 Å². The molecule has 70 valence electrons. The lowest BCUT2D eigenvalue weighted by Gasteiger charge is -1.92. The van der Waals surface area contributed by atoms with Crippen molar-refractivity contribution < 1.29 is 4.79 Å². The number of nitrogens with two attached hydrogens (primary N) is 1. The highest BCUT2D eigenvalue weighted by molar-refractivity contribution is 5.91. The van der Waals surface area contributed by atoms with Crippen LogP contribution in [-0.2, 0) is 0 Å². The summed E-state index contributed by atoms with van der Waals surface area (Å²) in [5, 5.41) is 6.56. The second-order valence-electron chi connectivity index (χ2n) is 2.90. The Morgan fingerprint density at radius 3 is 2.57 bits per heavy atom. The molecule has 4 heteroatoms. The number of rotatable bonds is 2. The molecule has 0 unspecified atom stereocenters. The lowest BCUT2D eigenvalue weighted by Crippen LogP contribution is -2.10. The fourth-order valence-corrected chi connectivity index (χ4v) is 1.20. The Kier molecular flexibility index (Phi) is 2.02. The number of benzene rings is 1. The number of amides is 1. The third-order valence-corrected chi connectivity index (χ3v) is 1.91. The minimum Gasteiger partial charge on any atom is -0.364 e. The van der Waals surface area contributed by atoms with Crippen LogP contribution in [0, 0.1) is 0 Å². The van der Waals surface area contributed by atoms with E-state index in [1.807, 2.05) is 30.3 Å². The molecular formula is C10H9N3O. The number of aromatic amines is 1. The van der Waals surface area contributed by atoms with E-state index in [-0.39, 0.29) is 0 Å². The first-order valence-corrected chi connectivity index (χ1v) is 4.18. The zero-order chi connectivity index (χ0) is 9.97. The number of hydrogen-bond acceptors (Lipinski definition) is 2. The molecule has 0 atom stereocenters. The van der Waals surface area contributed by atoms with Gasteiger partial charge in [0, 0.05) is 5.56 Å². The number of hydrogen-bond donors (Lipinski definition) is 2. The van der Waals surface area contributed by atoms with Crippen LogP contribution in [0.1, 0.15) is 10.5 Å². The van der Waals surface area contributed by atoms with Gasteiger partial charge in [-0.2, -0.15) is 5.10 Å². The zero-order valence-electron chi connectivity index (χ0n) is 7.40. The molecule has 0 spiro atoms. The molecule has 2 aromatic rings. The maximum absolute atomic E-state index is 10.8. The summed E-state index contributed by atoms with van der Waals surface area (Å²) >= 11 is 0. The molecular weight excluding hydrogens is 178 g/mol. The van der Waals surface area contributed by atoms with Gasteiger partial charge in [-0.3, -0.25) is 9.89 Å². The van der Waals surface area contributed by atoms with Crippen molar-refractivity contribution in [2.24, 2.45) is 5.73 Å². The van der Waals surface area contributed by atoms with Gasteiger partial charge < -0.3 is 5.73 Å². The van der Waals surface area contributed by atoms with Crippen molar-refractivity contribution in [3.63, 3.8) is 0 Å². The molecule has 14 heavy (non-hydrogen) atoms. The summed E-state index contributed by atoms with van der Waals surface area (Å²) in [5.74, 6) is -0.500. The number of carbonyl (C=O) groups is 1. The van der Waals surface area contributed by atoms with Crippen molar-refractivity contribution in [1.29, 1.82) is 0 Å². The highest BCUT2D eigenvalue weighted by atomic mass is 16.1. The number of carbonyl (C=O) groups excluding carboxylic acids is 1. The smallest absolute Gasteiger partial charge is 0.266 e. The Labute approximate surface area is 80.8 Å². The first-order valence-electron chi connectivity index (χ1n) is 4.18. The number of H-pyrrole nitrogens is 1. The van der Waals surface area contributed by atoms with E-state index in [0.717, 1.165) is 11.3 Å². The summed E-state index contributed by atoms with van der Waals surface area (Å²) in [6.07, 6.45) is 0. The second-order valence-corrected chi connectivity index (χ2v) is 2.90. The molecule has 4 nitrogen and oxygen atoms in total. The monoisotopic (exact) mass is 187 g/mol. The maximum atomic E-state index is 10.8. The van der Waals surface area contributed by atoms with Crippen LogP contribution in [-0.4, -0.2) is 16.1 Å². The van der Waals surface area contributed by atoms with Crippen molar-refractivity contribution in [3.8, 4) is 11.3 Å². The molecule has 1 heterocycles. The molecule has 0 aliphatic rings. The molecule has 1 amide bonds. The Morgan fingerprint density at radius 2 is 2.00 bits per heavy atom. The molecule has 0 saturated heterocycles.